The van der Waals surface area contributed by atoms with E-state index in [1.54, 1.807) is 5.43 Å². The number of rotatable bonds is 2. The predicted octanol–water partition coefficient (Wildman–Crippen LogP) is 1.32. The van der Waals surface area contributed by atoms with E-state index in [1.807, 2.05) is 0 Å². The van der Waals surface area contributed by atoms with Crippen molar-refractivity contribution in [2.75, 3.05) is 7.11 Å². The Kier molecular flexibility index (Phi) is 3.38. The molecule has 0 saturated heterocycles. The second-order valence-electron chi connectivity index (χ2n) is 2.92. The predicted molar refractivity (Wildman–Crippen MR) is 49.6 cm³/mol. The molecule has 0 spiro atoms. The van der Waals surface area contributed by atoms with Crippen LogP contribution in [-0.4, -0.2) is 13.0 Å². The van der Waals surface area contributed by atoms with Crippen molar-refractivity contribution in [3.8, 4) is 5.75 Å². The summed E-state index contributed by atoms with van der Waals surface area (Å²) in [5.74, 6) is 3.96. The number of benzene rings is 1. The highest BCUT2D eigenvalue weighted by Gasteiger charge is 2.32. The Morgan fingerprint density at radius 3 is 2.44 bits per heavy atom. The van der Waals surface area contributed by atoms with Gasteiger partial charge in [0.15, 0.2) is 0 Å². The van der Waals surface area contributed by atoms with Gasteiger partial charge in [-0.15, -0.1) is 0 Å². The molecular weight excluding hydrogens is 225 g/mol. The van der Waals surface area contributed by atoms with Crippen molar-refractivity contribution in [2.45, 2.75) is 6.18 Å². The maximum Gasteiger partial charge on any atom is 0.416 e. The molecule has 7 heteroatoms. The second-order valence-corrected chi connectivity index (χ2v) is 2.92. The Morgan fingerprint density at radius 2 is 2.00 bits per heavy atom. The van der Waals surface area contributed by atoms with Gasteiger partial charge in [0.25, 0.3) is 5.91 Å². The number of hydrogen-bond acceptors (Lipinski definition) is 3. The van der Waals surface area contributed by atoms with Crippen molar-refractivity contribution < 1.29 is 22.7 Å². The molecule has 0 bridgehead atoms. The first-order valence-corrected chi connectivity index (χ1v) is 4.15. The van der Waals surface area contributed by atoms with E-state index in [0.717, 1.165) is 12.1 Å². The van der Waals surface area contributed by atoms with Crippen LogP contribution < -0.4 is 16.0 Å². The quantitative estimate of drug-likeness (QED) is 0.460. The fourth-order valence-corrected chi connectivity index (χ4v) is 1.09. The third-order valence-electron chi connectivity index (χ3n) is 1.86. The highest BCUT2D eigenvalue weighted by Crippen LogP contribution is 2.32. The molecule has 4 nitrogen and oxygen atoms in total. The monoisotopic (exact) mass is 234 g/mol. The molecule has 0 aliphatic heterocycles. The number of methoxy groups -OCH3 is 1. The number of halogens is 3. The van der Waals surface area contributed by atoms with Crippen LogP contribution in [0.15, 0.2) is 18.2 Å². The highest BCUT2D eigenvalue weighted by atomic mass is 19.4. The van der Waals surface area contributed by atoms with Gasteiger partial charge >= 0.3 is 6.18 Å². The Morgan fingerprint density at radius 1 is 1.38 bits per heavy atom. The van der Waals surface area contributed by atoms with Crippen molar-refractivity contribution in [2.24, 2.45) is 5.84 Å². The van der Waals surface area contributed by atoms with Crippen LogP contribution in [0.25, 0.3) is 0 Å². The summed E-state index contributed by atoms with van der Waals surface area (Å²) < 4.78 is 42.0. The van der Waals surface area contributed by atoms with E-state index in [9.17, 15) is 18.0 Å². The minimum absolute atomic E-state index is 0.0616. The number of ether oxygens (including phenoxy) is 1. The Bertz CT molecular complexity index is 404. The molecule has 88 valence electrons. The molecule has 3 N–H and O–H groups in total. The van der Waals surface area contributed by atoms with Crippen LogP contribution in [-0.2, 0) is 6.18 Å². The van der Waals surface area contributed by atoms with Crippen molar-refractivity contribution in [3.05, 3.63) is 29.3 Å². The maximum atomic E-state index is 12.4. The fraction of sp³-hybridized carbons (Fsp3) is 0.222. The van der Waals surface area contributed by atoms with Crippen LogP contribution in [0.1, 0.15) is 15.9 Å². The van der Waals surface area contributed by atoms with Crippen molar-refractivity contribution in [1.82, 2.24) is 5.43 Å². The summed E-state index contributed by atoms with van der Waals surface area (Å²) in [7, 11) is 1.21. The average molecular weight is 234 g/mol. The van der Waals surface area contributed by atoms with Crippen LogP contribution in [0.4, 0.5) is 13.2 Å². The molecule has 0 fully saturated rings. The topological polar surface area (TPSA) is 64.3 Å². The summed E-state index contributed by atoms with van der Waals surface area (Å²) in [5.41, 5.74) is 0.568. The Balaban J connectivity index is 3.27. The number of nitrogens with two attached hydrogens (primary N) is 1. The normalized spacial score (nSPS) is 11.1. The molecule has 16 heavy (non-hydrogen) atoms. The van der Waals surface area contributed by atoms with Crippen molar-refractivity contribution in [3.63, 3.8) is 0 Å². The minimum Gasteiger partial charge on any atom is -0.497 e. The summed E-state index contributed by atoms with van der Waals surface area (Å²) in [6.45, 7) is 0. The van der Waals surface area contributed by atoms with E-state index in [1.165, 1.54) is 7.11 Å². The van der Waals surface area contributed by atoms with E-state index >= 15 is 0 Å². The summed E-state index contributed by atoms with van der Waals surface area (Å²) in [6, 6.07) is 2.66. The molecule has 0 atom stereocenters. The van der Waals surface area contributed by atoms with E-state index in [2.05, 4.69) is 4.74 Å². The number of nitrogen functional groups attached to an aromatic ring is 1. The van der Waals surface area contributed by atoms with E-state index in [4.69, 9.17) is 5.84 Å². The smallest absolute Gasteiger partial charge is 0.416 e. The molecule has 0 radical (unpaired) electrons. The second kappa shape index (κ2) is 4.40. The van der Waals surface area contributed by atoms with Gasteiger partial charge in [-0.1, -0.05) is 0 Å². The molecule has 1 aromatic rings. The number of hydrogen-bond donors (Lipinski definition) is 2. The van der Waals surface area contributed by atoms with Gasteiger partial charge in [-0.3, -0.25) is 10.2 Å². The summed E-state index contributed by atoms with van der Waals surface area (Å²) in [6.07, 6.45) is -4.54. The first-order valence-electron chi connectivity index (χ1n) is 4.15. The fourth-order valence-electron chi connectivity index (χ4n) is 1.09. The number of alkyl halides is 3. The van der Waals surface area contributed by atoms with Gasteiger partial charge < -0.3 is 4.74 Å². The van der Waals surface area contributed by atoms with Gasteiger partial charge in [0.1, 0.15) is 5.75 Å². The lowest BCUT2D eigenvalue weighted by atomic mass is 10.1. The van der Waals surface area contributed by atoms with Gasteiger partial charge in [-0.25, -0.2) is 5.84 Å². The molecule has 0 aliphatic carbocycles. The average Bonchev–Trinajstić information content (AvgIpc) is 2.26. The minimum atomic E-state index is -4.54. The number of carbonyl (C=O) groups is 1. The third-order valence-corrected chi connectivity index (χ3v) is 1.86. The third kappa shape index (κ3) is 2.63. The number of nitrogens with one attached hydrogen (secondary N) is 1. The molecule has 0 unspecified atom stereocenters. The molecule has 0 aromatic heterocycles. The standard InChI is InChI=1S/C9H9F3N2O2/c1-16-7-3-5(8(15)14-13)2-6(4-7)9(10,11)12/h2-4H,13H2,1H3,(H,14,15). The Hall–Kier alpha value is -1.76. The molecule has 0 aliphatic rings. The van der Waals surface area contributed by atoms with Crippen LogP contribution in [0.5, 0.6) is 5.75 Å². The summed E-state index contributed by atoms with van der Waals surface area (Å²) >= 11 is 0. The molecular formula is C9H9F3N2O2. The first-order chi connectivity index (χ1) is 7.38. The number of amides is 1. The molecule has 0 saturated carbocycles. The van der Waals surface area contributed by atoms with Crippen LogP contribution in [0, 0.1) is 0 Å². The van der Waals surface area contributed by atoms with E-state index in [0.29, 0.717) is 6.07 Å². The van der Waals surface area contributed by atoms with E-state index < -0.39 is 17.6 Å². The van der Waals surface area contributed by atoms with Crippen LogP contribution in [0.3, 0.4) is 0 Å². The zero-order valence-corrected chi connectivity index (χ0v) is 8.26. The van der Waals surface area contributed by atoms with Crippen LogP contribution in [0.2, 0.25) is 0 Å². The van der Waals surface area contributed by atoms with Crippen LogP contribution >= 0.6 is 0 Å². The zero-order chi connectivity index (χ0) is 12.3. The van der Waals surface area contributed by atoms with E-state index in [-0.39, 0.29) is 11.3 Å². The number of hydrazine groups is 1. The Labute approximate surface area is 89.2 Å². The molecule has 1 amide bonds. The SMILES string of the molecule is COc1cc(C(=O)NN)cc(C(F)(F)F)c1. The lowest BCUT2D eigenvalue weighted by molar-refractivity contribution is -0.137. The largest absolute Gasteiger partial charge is 0.497 e. The zero-order valence-electron chi connectivity index (χ0n) is 8.26. The van der Waals surface area contributed by atoms with Crippen molar-refractivity contribution in [1.29, 1.82) is 0 Å². The van der Waals surface area contributed by atoms with Crippen molar-refractivity contribution >= 4 is 5.91 Å². The van der Waals surface area contributed by atoms with Gasteiger partial charge in [-0.2, -0.15) is 13.2 Å². The maximum absolute atomic E-state index is 12.4. The van der Waals surface area contributed by atoms with Gasteiger partial charge in [0.2, 0.25) is 0 Å². The molecule has 0 heterocycles. The number of carbonyl (C=O) groups excluding carboxylic acids is 1. The lowest BCUT2D eigenvalue weighted by Crippen LogP contribution is -2.30. The van der Waals surface area contributed by atoms with Gasteiger partial charge in [0, 0.05) is 5.56 Å². The summed E-state index contributed by atoms with van der Waals surface area (Å²) in [4.78, 5) is 11.1. The summed E-state index contributed by atoms with van der Waals surface area (Å²) in [5, 5.41) is 0. The van der Waals surface area contributed by atoms with Gasteiger partial charge in [0.05, 0.1) is 12.7 Å². The highest BCUT2D eigenvalue weighted by molar-refractivity contribution is 5.94. The molecule has 1 aromatic carbocycles. The van der Waals surface area contributed by atoms with Gasteiger partial charge in [-0.05, 0) is 18.2 Å². The lowest BCUT2D eigenvalue weighted by Gasteiger charge is -2.10. The first kappa shape index (κ1) is 12.3. The molecule has 1 rings (SSSR count).